The van der Waals surface area contributed by atoms with Gasteiger partial charge in [-0.1, -0.05) is 13.8 Å². The highest BCUT2D eigenvalue weighted by Crippen LogP contribution is 2.19. The molecule has 2 rings (SSSR count). The SMILES string of the molecule is CC(C)CC1CNCCN1C(=O)C1CCCO1. The predicted molar refractivity (Wildman–Crippen MR) is 66.8 cm³/mol. The van der Waals surface area contributed by atoms with Crippen LogP contribution in [0.2, 0.25) is 0 Å². The van der Waals surface area contributed by atoms with Crippen LogP contribution < -0.4 is 5.32 Å². The van der Waals surface area contributed by atoms with Crippen LogP contribution in [-0.2, 0) is 9.53 Å². The fourth-order valence-electron chi connectivity index (χ4n) is 2.76. The molecule has 0 radical (unpaired) electrons. The Hall–Kier alpha value is -0.610. The molecule has 2 fully saturated rings. The first-order valence-electron chi connectivity index (χ1n) is 6.81. The molecule has 2 unspecified atom stereocenters. The van der Waals surface area contributed by atoms with E-state index in [9.17, 15) is 4.79 Å². The number of nitrogens with one attached hydrogen (secondary N) is 1. The highest BCUT2D eigenvalue weighted by molar-refractivity contribution is 5.81. The first-order valence-corrected chi connectivity index (χ1v) is 6.81. The Bertz CT molecular complexity index is 262. The van der Waals surface area contributed by atoms with Crippen LogP contribution in [0.15, 0.2) is 0 Å². The Morgan fingerprint density at radius 3 is 3.00 bits per heavy atom. The summed E-state index contributed by atoms with van der Waals surface area (Å²) < 4.78 is 5.51. The van der Waals surface area contributed by atoms with Gasteiger partial charge in [0.2, 0.25) is 0 Å². The maximum Gasteiger partial charge on any atom is 0.252 e. The van der Waals surface area contributed by atoms with E-state index < -0.39 is 0 Å². The number of hydrogen-bond acceptors (Lipinski definition) is 3. The molecule has 2 saturated heterocycles. The molecular formula is C13H24N2O2. The molecule has 0 bridgehead atoms. The maximum absolute atomic E-state index is 12.4. The molecule has 0 spiro atoms. The normalized spacial score (nSPS) is 29.9. The second-order valence-electron chi connectivity index (χ2n) is 5.52. The first kappa shape index (κ1) is 12.8. The zero-order chi connectivity index (χ0) is 12.3. The Labute approximate surface area is 104 Å². The van der Waals surface area contributed by atoms with E-state index in [1.807, 2.05) is 4.90 Å². The minimum Gasteiger partial charge on any atom is -0.368 e. The minimum atomic E-state index is -0.164. The highest BCUT2D eigenvalue weighted by Gasteiger charge is 2.33. The summed E-state index contributed by atoms with van der Waals surface area (Å²) in [6.07, 6.45) is 2.84. The lowest BCUT2D eigenvalue weighted by Gasteiger charge is -2.38. The van der Waals surface area contributed by atoms with Crippen LogP contribution in [0.3, 0.4) is 0 Å². The fraction of sp³-hybridized carbons (Fsp3) is 0.923. The van der Waals surface area contributed by atoms with E-state index in [0.29, 0.717) is 12.0 Å². The number of rotatable bonds is 3. The maximum atomic E-state index is 12.4. The van der Waals surface area contributed by atoms with Crippen molar-refractivity contribution in [3.05, 3.63) is 0 Å². The molecule has 2 aliphatic rings. The molecular weight excluding hydrogens is 216 g/mol. The zero-order valence-corrected chi connectivity index (χ0v) is 10.9. The van der Waals surface area contributed by atoms with Crippen molar-refractivity contribution < 1.29 is 9.53 Å². The van der Waals surface area contributed by atoms with Gasteiger partial charge in [-0.25, -0.2) is 0 Å². The van der Waals surface area contributed by atoms with Crippen molar-refractivity contribution in [2.24, 2.45) is 5.92 Å². The summed E-state index contributed by atoms with van der Waals surface area (Å²) >= 11 is 0. The van der Waals surface area contributed by atoms with Crippen molar-refractivity contribution >= 4 is 5.91 Å². The van der Waals surface area contributed by atoms with Crippen molar-refractivity contribution in [3.8, 4) is 0 Å². The molecule has 2 aliphatic heterocycles. The van der Waals surface area contributed by atoms with Crippen LogP contribution in [0.5, 0.6) is 0 Å². The first-order chi connectivity index (χ1) is 8.18. The average molecular weight is 240 g/mol. The predicted octanol–water partition coefficient (Wildman–Crippen LogP) is 1.01. The summed E-state index contributed by atoms with van der Waals surface area (Å²) in [6, 6.07) is 0.348. The van der Waals surface area contributed by atoms with E-state index in [1.54, 1.807) is 0 Å². The summed E-state index contributed by atoms with van der Waals surface area (Å²) in [5.74, 6) is 0.842. The average Bonchev–Trinajstić information content (AvgIpc) is 2.81. The summed E-state index contributed by atoms with van der Waals surface area (Å²) in [4.78, 5) is 14.4. The van der Waals surface area contributed by atoms with Crippen molar-refractivity contribution in [2.45, 2.75) is 45.3 Å². The van der Waals surface area contributed by atoms with Gasteiger partial charge in [-0.15, -0.1) is 0 Å². The molecule has 0 saturated carbocycles. The standard InChI is InChI=1S/C13H24N2O2/c1-10(2)8-11-9-14-5-6-15(11)13(16)12-4-3-7-17-12/h10-12,14H,3-9H2,1-2H3. The number of hydrogen-bond donors (Lipinski definition) is 1. The number of ether oxygens (including phenoxy) is 1. The second-order valence-corrected chi connectivity index (χ2v) is 5.52. The molecule has 17 heavy (non-hydrogen) atoms. The van der Waals surface area contributed by atoms with Crippen LogP contribution in [0.4, 0.5) is 0 Å². The van der Waals surface area contributed by atoms with Crippen LogP contribution in [0, 0.1) is 5.92 Å². The lowest BCUT2D eigenvalue weighted by Crippen LogP contribution is -2.56. The Morgan fingerprint density at radius 2 is 2.35 bits per heavy atom. The number of carbonyl (C=O) groups excluding carboxylic acids is 1. The molecule has 1 N–H and O–H groups in total. The smallest absolute Gasteiger partial charge is 0.252 e. The van der Waals surface area contributed by atoms with Crippen molar-refractivity contribution in [1.82, 2.24) is 10.2 Å². The van der Waals surface area contributed by atoms with Crippen molar-refractivity contribution in [1.29, 1.82) is 0 Å². The number of carbonyl (C=O) groups is 1. The molecule has 0 aromatic heterocycles. The van der Waals surface area contributed by atoms with Gasteiger partial charge in [-0.05, 0) is 25.2 Å². The monoisotopic (exact) mass is 240 g/mol. The quantitative estimate of drug-likeness (QED) is 0.800. The largest absolute Gasteiger partial charge is 0.368 e. The van der Waals surface area contributed by atoms with E-state index in [2.05, 4.69) is 19.2 Å². The van der Waals surface area contributed by atoms with E-state index >= 15 is 0 Å². The molecule has 2 atom stereocenters. The van der Waals surface area contributed by atoms with Crippen LogP contribution in [0.1, 0.15) is 33.1 Å². The molecule has 0 aromatic rings. The van der Waals surface area contributed by atoms with E-state index in [1.165, 1.54) is 0 Å². The fourth-order valence-corrected chi connectivity index (χ4v) is 2.76. The Kier molecular flexibility index (Phi) is 4.40. The van der Waals surface area contributed by atoms with Gasteiger partial charge >= 0.3 is 0 Å². The summed E-state index contributed by atoms with van der Waals surface area (Å²) in [7, 11) is 0. The third-order valence-corrected chi connectivity index (χ3v) is 3.58. The molecule has 1 amide bonds. The van der Waals surface area contributed by atoms with E-state index in [0.717, 1.165) is 45.5 Å². The van der Waals surface area contributed by atoms with Gasteiger partial charge in [-0.2, -0.15) is 0 Å². The van der Waals surface area contributed by atoms with Gasteiger partial charge in [0, 0.05) is 32.3 Å². The number of piperazine rings is 1. The summed E-state index contributed by atoms with van der Waals surface area (Å²) in [6.45, 7) is 7.84. The van der Waals surface area contributed by atoms with E-state index in [4.69, 9.17) is 4.74 Å². The third-order valence-electron chi connectivity index (χ3n) is 3.58. The van der Waals surface area contributed by atoms with Gasteiger partial charge < -0.3 is 15.0 Å². The summed E-state index contributed by atoms with van der Waals surface area (Å²) in [5, 5.41) is 3.38. The number of amides is 1. The van der Waals surface area contributed by atoms with Crippen LogP contribution in [-0.4, -0.2) is 49.2 Å². The Morgan fingerprint density at radius 1 is 1.53 bits per heavy atom. The van der Waals surface area contributed by atoms with Crippen LogP contribution in [0.25, 0.3) is 0 Å². The van der Waals surface area contributed by atoms with Gasteiger partial charge in [0.15, 0.2) is 0 Å². The Balaban J connectivity index is 1.97. The summed E-state index contributed by atoms with van der Waals surface area (Å²) in [5.41, 5.74) is 0. The zero-order valence-electron chi connectivity index (χ0n) is 10.9. The molecule has 0 aromatic carbocycles. The third kappa shape index (κ3) is 3.19. The van der Waals surface area contributed by atoms with Crippen molar-refractivity contribution in [2.75, 3.05) is 26.2 Å². The topological polar surface area (TPSA) is 41.6 Å². The lowest BCUT2D eigenvalue weighted by atomic mass is 10.00. The molecule has 4 heteroatoms. The van der Waals surface area contributed by atoms with Gasteiger partial charge in [0.25, 0.3) is 5.91 Å². The number of nitrogens with zero attached hydrogens (tertiary/aromatic N) is 1. The van der Waals surface area contributed by atoms with Gasteiger partial charge in [0.05, 0.1) is 0 Å². The minimum absolute atomic E-state index is 0.164. The van der Waals surface area contributed by atoms with Gasteiger partial charge in [-0.3, -0.25) is 4.79 Å². The molecule has 4 nitrogen and oxygen atoms in total. The van der Waals surface area contributed by atoms with E-state index in [-0.39, 0.29) is 12.0 Å². The van der Waals surface area contributed by atoms with Crippen molar-refractivity contribution in [3.63, 3.8) is 0 Å². The van der Waals surface area contributed by atoms with Crippen LogP contribution >= 0.6 is 0 Å². The molecule has 2 heterocycles. The molecule has 0 aliphatic carbocycles. The second kappa shape index (κ2) is 5.83. The highest BCUT2D eigenvalue weighted by atomic mass is 16.5. The molecule has 98 valence electrons. The van der Waals surface area contributed by atoms with Gasteiger partial charge in [0.1, 0.15) is 6.10 Å². The lowest BCUT2D eigenvalue weighted by molar-refractivity contribution is -0.144.